The van der Waals surface area contributed by atoms with Gasteiger partial charge < -0.3 is 49.2 Å². The Hall–Kier alpha value is -2.62. The zero-order valence-corrected chi connectivity index (χ0v) is 28.5. The van der Waals surface area contributed by atoms with Crippen LogP contribution in [0.1, 0.15) is 67.7 Å². The molecule has 0 aromatic carbocycles. The number of hydrogen-bond acceptors (Lipinski definition) is 13. The van der Waals surface area contributed by atoms with Crippen LogP contribution in [0.4, 0.5) is 5.69 Å². The molecule has 4 rings (SSSR count). The van der Waals surface area contributed by atoms with Gasteiger partial charge in [0.15, 0.2) is 12.4 Å². The number of likely N-dealkylation sites (N-methyl/N-ethyl adjacent to an activating group) is 1. The third-order valence-corrected chi connectivity index (χ3v) is 9.36. The molecule has 0 aliphatic carbocycles. The quantitative estimate of drug-likeness (QED) is 0.347. The van der Waals surface area contributed by atoms with E-state index >= 15 is 0 Å². The number of carbonyl (C=O) groups is 1. The predicted molar refractivity (Wildman–Crippen MR) is 168 cm³/mol. The maximum atomic E-state index is 13.0. The summed E-state index contributed by atoms with van der Waals surface area (Å²) in [4.78, 5) is 27.8. The second kappa shape index (κ2) is 14.7. The van der Waals surface area contributed by atoms with Gasteiger partial charge in [-0.2, -0.15) is 4.99 Å². The van der Waals surface area contributed by atoms with Crippen LogP contribution in [0.2, 0.25) is 0 Å². The number of aliphatic hydroxyl groups is 3. The number of cyclic esters (lactones) is 1. The Morgan fingerprint density at radius 3 is 2.41 bits per heavy atom. The van der Waals surface area contributed by atoms with E-state index in [1.54, 1.807) is 33.2 Å². The van der Waals surface area contributed by atoms with E-state index in [4.69, 9.17) is 23.7 Å². The van der Waals surface area contributed by atoms with Crippen molar-refractivity contribution in [2.45, 2.75) is 122 Å². The Kier molecular flexibility index (Phi) is 11.5. The largest absolute Gasteiger partial charge is 0.467 e. The standard InChI is InChI=1S/C32H53N5O9/c1-17-12-31(6,40)26(18(2)10-19(3)27(39)43-16-32(7,41)25(38)21(5)33-13-17)46-28-24-23(11-20(4)44-28)37(8)30(45-24)36-22-14-34-29(42-9)35-15-22/h14-15,17-21,23-26,28,33,38,40-41H,10-13,16H2,1-9H3/b36-30+/t17?,18?,19?,20-,21?,23+,24-,25?,26?,28+,31?,32?/m1/s1. The molecule has 260 valence electrons. The lowest BCUT2D eigenvalue weighted by Crippen LogP contribution is -2.56. The van der Waals surface area contributed by atoms with Gasteiger partial charge in [0.1, 0.15) is 24.0 Å². The average Bonchev–Trinajstić information content (AvgIpc) is 3.30. The number of aliphatic imine (C=N–C) groups is 1. The fourth-order valence-electron chi connectivity index (χ4n) is 6.87. The van der Waals surface area contributed by atoms with Crippen LogP contribution < -0.4 is 10.1 Å². The van der Waals surface area contributed by atoms with E-state index in [2.05, 4.69) is 20.3 Å². The number of aromatic nitrogens is 2. The van der Waals surface area contributed by atoms with Crippen LogP contribution in [-0.2, 0) is 23.7 Å². The van der Waals surface area contributed by atoms with Crippen LogP contribution in [0.5, 0.6) is 6.01 Å². The first-order valence-corrected chi connectivity index (χ1v) is 16.2. The summed E-state index contributed by atoms with van der Waals surface area (Å²) in [5.41, 5.74) is -2.48. The molecule has 14 nitrogen and oxygen atoms in total. The molecular formula is C32H53N5O9. The third kappa shape index (κ3) is 8.45. The van der Waals surface area contributed by atoms with Crippen LogP contribution in [0.3, 0.4) is 0 Å². The van der Waals surface area contributed by atoms with Gasteiger partial charge in [-0.25, -0.2) is 9.97 Å². The molecule has 0 saturated carbocycles. The molecule has 0 radical (unpaired) electrons. The van der Waals surface area contributed by atoms with E-state index in [0.717, 1.165) is 0 Å². The number of carbonyl (C=O) groups excluding carboxylic acids is 1. The summed E-state index contributed by atoms with van der Waals surface area (Å²) in [7, 11) is 3.40. The highest BCUT2D eigenvalue weighted by molar-refractivity contribution is 5.79. The summed E-state index contributed by atoms with van der Waals surface area (Å²) in [5.74, 6) is -1.42. The molecule has 14 heteroatoms. The first-order chi connectivity index (χ1) is 21.5. The van der Waals surface area contributed by atoms with E-state index in [1.165, 1.54) is 14.0 Å². The van der Waals surface area contributed by atoms with Crippen molar-refractivity contribution in [3.8, 4) is 6.01 Å². The van der Waals surface area contributed by atoms with Crippen molar-refractivity contribution in [3.05, 3.63) is 12.4 Å². The molecule has 4 heterocycles. The van der Waals surface area contributed by atoms with Gasteiger partial charge in [-0.3, -0.25) is 4.79 Å². The lowest BCUT2D eigenvalue weighted by atomic mass is 9.79. The molecule has 3 saturated heterocycles. The molecule has 0 bridgehead atoms. The van der Waals surface area contributed by atoms with Gasteiger partial charge in [0, 0.05) is 13.1 Å². The van der Waals surface area contributed by atoms with Gasteiger partial charge >= 0.3 is 12.0 Å². The van der Waals surface area contributed by atoms with Gasteiger partial charge in [0.05, 0.1) is 49.3 Å². The maximum Gasteiger partial charge on any atom is 0.316 e. The monoisotopic (exact) mass is 651 g/mol. The Bertz CT molecular complexity index is 1200. The number of aliphatic hydroxyl groups excluding tert-OH is 1. The summed E-state index contributed by atoms with van der Waals surface area (Å²) in [6.07, 6.45) is 0.999. The van der Waals surface area contributed by atoms with Gasteiger partial charge in [-0.05, 0) is 65.3 Å². The Morgan fingerprint density at radius 1 is 1.09 bits per heavy atom. The van der Waals surface area contributed by atoms with E-state index in [-0.39, 0.29) is 36.6 Å². The van der Waals surface area contributed by atoms with Crippen LogP contribution in [0, 0.1) is 17.8 Å². The van der Waals surface area contributed by atoms with Gasteiger partial charge in [-0.1, -0.05) is 20.8 Å². The summed E-state index contributed by atoms with van der Waals surface area (Å²) < 4.78 is 29.9. The summed E-state index contributed by atoms with van der Waals surface area (Å²) in [6, 6.07) is 0.00762. The van der Waals surface area contributed by atoms with E-state index in [0.29, 0.717) is 37.5 Å². The number of nitrogens with zero attached hydrogens (tertiary/aromatic N) is 4. The molecule has 3 aliphatic rings. The number of rotatable bonds is 4. The molecule has 0 amide bonds. The van der Waals surface area contributed by atoms with Crippen LogP contribution >= 0.6 is 0 Å². The lowest BCUT2D eigenvalue weighted by molar-refractivity contribution is -0.283. The molecule has 46 heavy (non-hydrogen) atoms. The zero-order chi connectivity index (χ0) is 34.0. The third-order valence-electron chi connectivity index (χ3n) is 9.36. The Morgan fingerprint density at radius 2 is 1.76 bits per heavy atom. The maximum absolute atomic E-state index is 13.0. The Balaban J connectivity index is 1.59. The van der Waals surface area contributed by atoms with E-state index in [9.17, 15) is 20.1 Å². The fourth-order valence-corrected chi connectivity index (χ4v) is 6.87. The van der Waals surface area contributed by atoms with Crippen molar-refractivity contribution in [3.63, 3.8) is 0 Å². The van der Waals surface area contributed by atoms with Crippen LogP contribution in [0.25, 0.3) is 0 Å². The predicted octanol–water partition coefficient (Wildman–Crippen LogP) is 1.78. The molecule has 1 aromatic rings. The number of fused-ring (bicyclic) bond motifs is 1. The summed E-state index contributed by atoms with van der Waals surface area (Å²) in [6.45, 7) is 12.7. The first-order valence-electron chi connectivity index (χ1n) is 16.2. The average molecular weight is 652 g/mol. The highest BCUT2D eigenvalue weighted by Crippen LogP contribution is 2.38. The smallest absolute Gasteiger partial charge is 0.316 e. The number of esters is 1. The van der Waals surface area contributed by atoms with Crippen molar-refractivity contribution in [1.29, 1.82) is 0 Å². The minimum absolute atomic E-state index is 0.0356. The molecule has 8 unspecified atom stereocenters. The SMILES string of the molecule is COc1ncc(/N=C2/O[C@H]3[C@H](OC4C(C)CC(C)C(=O)OCC(C)(O)C(O)C(C)NCC(C)CC4(C)O)O[C@H](C)C[C@@H]3N2C)cn1. The first kappa shape index (κ1) is 36.2. The lowest BCUT2D eigenvalue weighted by Gasteiger charge is -2.44. The van der Waals surface area contributed by atoms with Gasteiger partial charge in [0.2, 0.25) is 0 Å². The molecule has 3 fully saturated rings. The molecule has 12 atom stereocenters. The topological polar surface area (TPSA) is 177 Å². The zero-order valence-electron chi connectivity index (χ0n) is 28.5. The van der Waals surface area contributed by atoms with Gasteiger partial charge in [0.25, 0.3) is 6.02 Å². The number of nitrogens with one attached hydrogen (secondary N) is 1. The van der Waals surface area contributed by atoms with Crippen LogP contribution in [-0.4, -0.2) is 123 Å². The number of hydrogen-bond donors (Lipinski definition) is 4. The second-order valence-corrected chi connectivity index (χ2v) is 14.1. The summed E-state index contributed by atoms with van der Waals surface area (Å²) in [5, 5.41) is 37.0. The fraction of sp³-hybridized carbons (Fsp3) is 0.812. The van der Waals surface area contributed by atoms with E-state index in [1.807, 2.05) is 32.7 Å². The number of methoxy groups -OCH3 is 1. The van der Waals surface area contributed by atoms with Crippen molar-refractivity contribution in [2.75, 3.05) is 27.3 Å². The van der Waals surface area contributed by atoms with E-state index < -0.39 is 53.7 Å². The van der Waals surface area contributed by atoms with Gasteiger partial charge in [-0.15, -0.1) is 0 Å². The summed E-state index contributed by atoms with van der Waals surface area (Å²) >= 11 is 0. The van der Waals surface area contributed by atoms with Crippen molar-refractivity contribution < 1.29 is 43.8 Å². The highest BCUT2D eigenvalue weighted by atomic mass is 16.7. The van der Waals surface area contributed by atoms with Crippen molar-refractivity contribution in [1.82, 2.24) is 20.2 Å². The molecule has 1 aromatic heterocycles. The molecule has 0 spiro atoms. The minimum Gasteiger partial charge on any atom is -0.467 e. The number of ether oxygens (including phenoxy) is 5. The number of amidine groups is 1. The molecular weight excluding hydrogens is 598 g/mol. The molecule has 4 N–H and O–H groups in total. The minimum atomic E-state index is -1.64. The van der Waals surface area contributed by atoms with Crippen molar-refractivity contribution >= 4 is 17.7 Å². The highest BCUT2D eigenvalue weighted by Gasteiger charge is 2.51. The Labute approximate surface area is 271 Å². The normalized spacial score (nSPS) is 42.4. The van der Waals surface area contributed by atoms with Crippen molar-refractivity contribution in [2.24, 2.45) is 22.7 Å². The van der Waals surface area contributed by atoms with Crippen LogP contribution in [0.15, 0.2) is 17.4 Å². The molecule has 3 aliphatic heterocycles. The second-order valence-electron chi connectivity index (χ2n) is 14.1.